The summed E-state index contributed by atoms with van der Waals surface area (Å²) in [5.41, 5.74) is 1.70. The average Bonchev–Trinajstić information content (AvgIpc) is 2.46. The summed E-state index contributed by atoms with van der Waals surface area (Å²) in [7, 11) is 0. The smallest absolute Gasteiger partial charge is 0.354 e. The number of pyridine rings is 2. The molecule has 0 unspecified atom stereocenters. The molecular formula is C15H9Cl2N3O2. The van der Waals surface area contributed by atoms with Gasteiger partial charge in [0.15, 0.2) is 0 Å². The van der Waals surface area contributed by atoms with Gasteiger partial charge in [-0.25, -0.2) is 9.78 Å². The number of aromatic nitrogens is 2. The molecule has 0 aliphatic rings. The highest BCUT2D eigenvalue weighted by Gasteiger charge is 2.09. The van der Waals surface area contributed by atoms with Crippen LogP contribution in [-0.2, 0) is 0 Å². The number of nitrogens with one attached hydrogen (secondary N) is 1. The van der Waals surface area contributed by atoms with E-state index in [1.54, 1.807) is 36.7 Å². The number of benzene rings is 1. The van der Waals surface area contributed by atoms with E-state index < -0.39 is 5.97 Å². The highest BCUT2D eigenvalue weighted by Crippen LogP contribution is 2.28. The minimum absolute atomic E-state index is 0.0362. The number of hydrogen-bond donors (Lipinski definition) is 2. The number of rotatable bonds is 3. The molecule has 0 amide bonds. The number of aromatic carboxylic acids is 1. The van der Waals surface area contributed by atoms with Gasteiger partial charge < -0.3 is 10.4 Å². The largest absolute Gasteiger partial charge is 0.477 e. The zero-order valence-electron chi connectivity index (χ0n) is 11.0. The molecule has 22 heavy (non-hydrogen) atoms. The van der Waals surface area contributed by atoms with Crippen LogP contribution in [0.2, 0.25) is 10.0 Å². The number of anilines is 2. The molecule has 0 atom stereocenters. The van der Waals surface area contributed by atoms with Gasteiger partial charge in [-0.2, -0.15) is 0 Å². The van der Waals surface area contributed by atoms with Crippen molar-refractivity contribution in [3.63, 3.8) is 0 Å². The summed E-state index contributed by atoms with van der Waals surface area (Å²) >= 11 is 11.9. The third-order valence-corrected chi connectivity index (χ3v) is 3.40. The fourth-order valence-corrected chi connectivity index (χ4v) is 2.56. The van der Waals surface area contributed by atoms with Crippen molar-refractivity contribution >= 4 is 51.4 Å². The third-order valence-electron chi connectivity index (χ3n) is 2.96. The average molecular weight is 334 g/mol. The fourth-order valence-electron chi connectivity index (χ4n) is 2.04. The first-order valence-electron chi connectivity index (χ1n) is 6.24. The number of carboxylic acid groups (broad SMARTS) is 1. The van der Waals surface area contributed by atoms with E-state index in [0.717, 1.165) is 5.39 Å². The monoisotopic (exact) mass is 333 g/mol. The van der Waals surface area contributed by atoms with Crippen molar-refractivity contribution in [2.45, 2.75) is 0 Å². The van der Waals surface area contributed by atoms with Crippen LogP contribution >= 0.6 is 23.2 Å². The fraction of sp³-hybridized carbons (Fsp3) is 0. The van der Waals surface area contributed by atoms with Gasteiger partial charge in [0.2, 0.25) is 0 Å². The molecule has 5 nitrogen and oxygen atoms in total. The normalized spacial score (nSPS) is 10.6. The van der Waals surface area contributed by atoms with Crippen LogP contribution in [0.3, 0.4) is 0 Å². The van der Waals surface area contributed by atoms with Gasteiger partial charge in [-0.3, -0.25) is 4.98 Å². The summed E-state index contributed by atoms with van der Waals surface area (Å²) in [6.45, 7) is 0. The van der Waals surface area contributed by atoms with Gasteiger partial charge in [-0.15, -0.1) is 0 Å². The second-order valence-electron chi connectivity index (χ2n) is 4.54. The predicted octanol–water partition coefficient (Wildman–Crippen LogP) is 4.38. The van der Waals surface area contributed by atoms with Crippen LogP contribution in [0.5, 0.6) is 0 Å². The number of hydrogen-bond acceptors (Lipinski definition) is 4. The molecule has 0 saturated carbocycles. The molecule has 7 heteroatoms. The first-order chi connectivity index (χ1) is 10.5. The van der Waals surface area contributed by atoms with Crippen molar-refractivity contribution in [1.29, 1.82) is 0 Å². The Labute approximate surface area is 135 Å². The summed E-state index contributed by atoms with van der Waals surface area (Å²) in [5.74, 6) is -1.09. The van der Waals surface area contributed by atoms with Gasteiger partial charge in [0.25, 0.3) is 0 Å². The Morgan fingerprint density at radius 3 is 2.50 bits per heavy atom. The van der Waals surface area contributed by atoms with Crippen molar-refractivity contribution in [2.75, 3.05) is 5.32 Å². The lowest BCUT2D eigenvalue weighted by Crippen LogP contribution is -2.01. The molecule has 0 radical (unpaired) electrons. The maximum absolute atomic E-state index is 11.1. The summed E-state index contributed by atoms with van der Waals surface area (Å²) in [5, 5.41) is 13.9. The Morgan fingerprint density at radius 2 is 1.82 bits per heavy atom. The molecular weight excluding hydrogens is 325 g/mol. The predicted molar refractivity (Wildman–Crippen MR) is 86.2 cm³/mol. The molecule has 1 aromatic carbocycles. The van der Waals surface area contributed by atoms with Crippen molar-refractivity contribution in [1.82, 2.24) is 9.97 Å². The summed E-state index contributed by atoms with van der Waals surface area (Å²) in [6.07, 6.45) is 3.18. The van der Waals surface area contributed by atoms with E-state index >= 15 is 0 Å². The van der Waals surface area contributed by atoms with E-state index in [9.17, 15) is 4.79 Å². The molecule has 0 spiro atoms. The molecule has 2 heterocycles. The number of nitrogens with zero attached hydrogens (tertiary/aromatic N) is 2. The molecule has 0 aliphatic carbocycles. The van der Waals surface area contributed by atoms with Gasteiger partial charge >= 0.3 is 5.97 Å². The van der Waals surface area contributed by atoms with Crippen LogP contribution < -0.4 is 5.32 Å². The van der Waals surface area contributed by atoms with Crippen LogP contribution in [0, 0.1) is 0 Å². The van der Waals surface area contributed by atoms with Crippen molar-refractivity contribution < 1.29 is 9.90 Å². The third kappa shape index (κ3) is 2.95. The Hall–Kier alpha value is -2.37. The van der Waals surface area contributed by atoms with E-state index in [1.165, 1.54) is 6.07 Å². The first kappa shape index (κ1) is 14.6. The lowest BCUT2D eigenvalue weighted by atomic mass is 10.2. The number of carbonyl (C=O) groups is 1. The molecule has 2 N–H and O–H groups in total. The Balaban J connectivity index is 2.09. The van der Waals surface area contributed by atoms with E-state index in [-0.39, 0.29) is 5.69 Å². The highest BCUT2D eigenvalue weighted by molar-refractivity contribution is 6.35. The quantitative estimate of drug-likeness (QED) is 0.743. The molecule has 3 aromatic rings. The van der Waals surface area contributed by atoms with Crippen molar-refractivity contribution in [3.8, 4) is 0 Å². The molecule has 0 aliphatic heterocycles. The summed E-state index contributed by atoms with van der Waals surface area (Å²) < 4.78 is 0. The Bertz CT molecular complexity index is 864. The summed E-state index contributed by atoms with van der Waals surface area (Å²) in [4.78, 5) is 19.3. The number of halogens is 2. The second-order valence-corrected chi connectivity index (χ2v) is 5.42. The van der Waals surface area contributed by atoms with Gasteiger partial charge in [-0.1, -0.05) is 23.2 Å². The summed E-state index contributed by atoms with van der Waals surface area (Å²) in [6, 6.07) is 8.12. The lowest BCUT2D eigenvalue weighted by Gasteiger charge is -2.10. The van der Waals surface area contributed by atoms with Crippen LogP contribution in [0.15, 0.2) is 42.7 Å². The zero-order chi connectivity index (χ0) is 15.7. The maximum atomic E-state index is 11.1. The molecule has 0 saturated heterocycles. The van der Waals surface area contributed by atoms with Gasteiger partial charge in [0.05, 0.1) is 17.4 Å². The maximum Gasteiger partial charge on any atom is 0.354 e. The minimum Gasteiger partial charge on any atom is -0.477 e. The molecule has 0 bridgehead atoms. The van der Waals surface area contributed by atoms with Crippen molar-refractivity contribution in [2.24, 2.45) is 0 Å². The van der Waals surface area contributed by atoms with Gasteiger partial charge in [-0.05, 0) is 30.3 Å². The minimum atomic E-state index is -1.09. The Kier molecular flexibility index (Phi) is 3.83. The lowest BCUT2D eigenvalue weighted by molar-refractivity contribution is 0.0691. The highest BCUT2D eigenvalue weighted by atomic mass is 35.5. The number of carboxylic acids is 1. The standard InChI is InChI=1S/C15H9Cl2N3O2/c16-9-3-10(17)5-11(4-9)19-13-7-18-6-8-1-2-12(15(21)22)20-14(8)13/h1-7,19H,(H,21,22). The second kappa shape index (κ2) is 5.79. The van der Waals surface area contributed by atoms with Gasteiger partial charge in [0, 0.05) is 27.3 Å². The van der Waals surface area contributed by atoms with Crippen LogP contribution in [0.1, 0.15) is 10.5 Å². The van der Waals surface area contributed by atoms with E-state index in [2.05, 4.69) is 15.3 Å². The molecule has 110 valence electrons. The topological polar surface area (TPSA) is 75.1 Å². The van der Waals surface area contributed by atoms with E-state index in [1.807, 2.05) is 0 Å². The SMILES string of the molecule is O=C(O)c1ccc2cncc(Nc3cc(Cl)cc(Cl)c3)c2n1. The van der Waals surface area contributed by atoms with Crippen LogP contribution in [0.25, 0.3) is 10.9 Å². The molecule has 2 aromatic heterocycles. The van der Waals surface area contributed by atoms with E-state index in [0.29, 0.717) is 26.9 Å². The molecule has 3 rings (SSSR count). The first-order valence-corrected chi connectivity index (χ1v) is 7.00. The van der Waals surface area contributed by atoms with Crippen LogP contribution in [0.4, 0.5) is 11.4 Å². The zero-order valence-corrected chi connectivity index (χ0v) is 12.6. The van der Waals surface area contributed by atoms with Gasteiger partial charge in [0.1, 0.15) is 5.69 Å². The van der Waals surface area contributed by atoms with Crippen LogP contribution in [-0.4, -0.2) is 21.0 Å². The van der Waals surface area contributed by atoms with E-state index in [4.69, 9.17) is 28.3 Å². The van der Waals surface area contributed by atoms with Crippen molar-refractivity contribution in [3.05, 3.63) is 58.5 Å². The molecule has 0 fully saturated rings. The Morgan fingerprint density at radius 1 is 1.09 bits per heavy atom. The number of fused-ring (bicyclic) bond motifs is 1.